The maximum absolute atomic E-state index is 5.36. The zero-order valence-corrected chi connectivity index (χ0v) is 15.6. The average molecular weight is 368 g/mol. The van der Waals surface area contributed by atoms with E-state index in [-0.39, 0.29) is 0 Å². The maximum atomic E-state index is 5.36. The van der Waals surface area contributed by atoms with E-state index in [1.165, 1.54) is 0 Å². The molecular weight excluding hydrogens is 348 g/mol. The number of aryl methyl sites for hydroxylation is 1. The SMILES string of the molecule is CCNC(=S)Nc1cnc2ccc(Nc3ccc(C)c(OC)c3)nc2n1. The Labute approximate surface area is 157 Å². The van der Waals surface area contributed by atoms with Crippen LogP contribution in [-0.2, 0) is 0 Å². The van der Waals surface area contributed by atoms with Crippen molar-refractivity contribution >= 4 is 45.8 Å². The molecule has 0 saturated heterocycles. The van der Waals surface area contributed by atoms with Crippen LogP contribution in [0.4, 0.5) is 17.3 Å². The predicted octanol–water partition coefficient (Wildman–Crippen LogP) is 3.39. The van der Waals surface area contributed by atoms with Crippen LogP contribution >= 0.6 is 12.2 Å². The average Bonchev–Trinajstić information content (AvgIpc) is 2.63. The molecule has 0 bridgehead atoms. The van der Waals surface area contributed by atoms with Crippen molar-refractivity contribution in [2.24, 2.45) is 0 Å². The molecule has 0 unspecified atom stereocenters. The number of ether oxygens (including phenoxy) is 1. The molecule has 134 valence electrons. The van der Waals surface area contributed by atoms with Crippen molar-refractivity contribution in [1.29, 1.82) is 0 Å². The minimum Gasteiger partial charge on any atom is -0.496 e. The van der Waals surface area contributed by atoms with Gasteiger partial charge in [-0.1, -0.05) is 6.07 Å². The standard InChI is InChI=1S/C18H20N6OS/c1-4-19-18(26)24-16-10-20-13-7-8-15(22-17(13)23-16)21-12-6-5-11(2)14(9-12)25-3/h5-10H,4H2,1-3H3,(H3,19,21,22,23,24,26). The number of nitrogens with zero attached hydrogens (tertiary/aromatic N) is 3. The highest BCUT2D eigenvalue weighted by atomic mass is 32.1. The molecular formula is C18H20N6OS. The fraction of sp³-hybridized carbons (Fsp3) is 0.222. The monoisotopic (exact) mass is 368 g/mol. The van der Waals surface area contributed by atoms with E-state index in [2.05, 4.69) is 30.9 Å². The van der Waals surface area contributed by atoms with Gasteiger partial charge in [-0.25, -0.2) is 15.0 Å². The zero-order chi connectivity index (χ0) is 18.5. The zero-order valence-electron chi connectivity index (χ0n) is 14.8. The van der Waals surface area contributed by atoms with Gasteiger partial charge >= 0.3 is 0 Å². The molecule has 2 heterocycles. The highest BCUT2D eigenvalue weighted by Crippen LogP contribution is 2.24. The summed E-state index contributed by atoms with van der Waals surface area (Å²) < 4.78 is 5.36. The third-order valence-electron chi connectivity index (χ3n) is 3.67. The van der Waals surface area contributed by atoms with E-state index in [0.717, 1.165) is 23.5 Å². The first-order valence-corrected chi connectivity index (χ1v) is 8.60. The Balaban J connectivity index is 1.84. The first-order valence-electron chi connectivity index (χ1n) is 8.19. The summed E-state index contributed by atoms with van der Waals surface area (Å²) in [6, 6.07) is 9.63. The quantitative estimate of drug-likeness (QED) is 0.591. The van der Waals surface area contributed by atoms with Crippen LogP contribution in [0.15, 0.2) is 36.5 Å². The van der Waals surface area contributed by atoms with Gasteiger partial charge in [-0.15, -0.1) is 0 Å². The minimum absolute atomic E-state index is 0.502. The number of hydrogen-bond acceptors (Lipinski definition) is 6. The third-order valence-corrected chi connectivity index (χ3v) is 3.91. The van der Waals surface area contributed by atoms with Gasteiger partial charge < -0.3 is 20.7 Å². The van der Waals surface area contributed by atoms with Crippen LogP contribution in [0.3, 0.4) is 0 Å². The Bertz CT molecular complexity index is 946. The number of rotatable bonds is 5. The van der Waals surface area contributed by atoms with E-state index in [1.54, 1.807) is 13.3 Å². The summed E-state index contributed by atoms with van der Waals surface area (Å²) in [6.45, 7) is 4.71. The molecule has 0 fully saturated rings. The normalized spacial score (nSPS) is 10.4. The summed E-state index contributed by atoms with van der Waals surface area (Å²) in [5.41, 5.74) is 3.19. The lowest BCUT2D eigenvalue weighted by Gasteiger charge is -2.10. The number of methoxy groups -OCH3 is 1. The fourth-order valence-electron chi connectivity index (χ4n) is 2.39. The van der Waals surface area contributed by atoms with Gasteiger partial charge in [0, 0.05) is 18.3 Å². The third kappa shape index (κ3) is 4.15. The summed E-state index contributed by atoms with van der Waals surface area (Å²) in [7, 11) is 1.66. The van der Waals surface area contributed by atoms with Crippen LogP contribution in [-0.4, -0.2) is 33.7 Å². The van der Waals surface area contributed by atoms with Crippen molar-refractivity contribution in [2.75, 3.05) is 24.3 Å². The Hall–Kier alpha value is -3.00. The van der Waals surface area contributed by atoms with Crippen molar-refractivity contribution < 1.29 is 4.74 Å². The molecule has 26 heavy (non-hydrogen) atoms. The molecule has 2 aromatic heterocycles. The highest BCUT2D eigenvalue weighted by molar-refractivity contribution is 7.80. The van der Waals surface area contributed by atoms with Crippen LogP contribution in [0.5, 0.6) is 5.75 Å². The smallest absolute Gasteiger partial charge is 0.182 e. The molecule has 3 rings (SSSR count). The van der Waals surface area contributed by atoms with Gasteiger partial charge in [0.25, 0.3) is 0 Å². The fourth-order valence-corrected chi connectivity index (χ4v) is 2.64. The Morgan fingerprint density at radius 3 is 2.73 bits per heavy atom. The molecule has 0 aliphatic rings. The van der Waals surface area contributed by atoms with Crippen LogP contribution in [0.25, 0.3) is 11.2 Å². The van der Waals surface area contributed by atoms with Crippen molar-refractivity contribution in [2.45, 2.75) is 13.8 Å². The second-order valence-electron chi connectivity index (χ2n) is 5.59. The van der Waals surface area contributed by atoms with Crippen LogP contribution in [0.2, 0.25) is 0 Å². The van der Waals surface area contributed by atoms with E-state index in [4.69, 9.17) is 17.0 Å². The number of benzene rings is 1. The van der Waals surface area contributed by atoms with Crippen LogP contribution in [0, 0.1) is 6.92 Å². The maximum Gasteiger partial charge on any atom is 0.182 e. The van der Waals surface area contributed by atoms with E-state index < -0.39 is 0 Å². The van der Waals surface area contributed by atoms with E-state index in [0.29, 0.717) is 27.9 Å². The molecule has 0 spiro atoms. The van der Waals surface area contributed by atoms with Gasteiger partial charge in [0.05, 0.1) is 13.3 Å². The lowest BCUT2D eigenvalue weighted by Crippen LogP contribution is -2.28. The first kappa shape index (κ1) is 17.8. The van der Waals surface area contributed by atoms with Crippen molar-refractivity contribution in [3.05, 3.63) is 42.1 Å². The number of fused-ring (bicyclic) bond motifs is 1. The molecule has 7 nitrogen and oxygen atoms in total. The van der Waals surface area contributed by atoms with Gasteiger partial charge in [-0.05, 0) is 49.8 Å². The Morgan fingerprint density at radius 1 is 1.15 bits per heavy atom. The molecule has 0 amide bonds. The lowest BCUT2D eigenvalue weighted by atomic mass is 10.2. The summed E-state index contributed by atoms with van der Waals surface area (Å²) in [5, 5.41) is 9.77. The highest BCUT2D eigenvalue weighted by Gasteiger charge is 2.06. The molecule has 0 saturated carbocycles. The van der Waals surface area contributed by atoms with Crippen molar-refractivity contribution in [3.63, 3.8) is 0 Å². The van der Waals surface area contributed by atoms with Gasteiger partial charge in [-0.2, -0.15) is 0 Å². The number of hydrogen-bond donors (Lipinski definition) is 3. The second-order valence-corrected chi connectivity index (χ2v) is 6.00. The van der Waals surface area contributed by atoms with Crippen molar-refractivity contribution in [1.82, 2.24) is 20.3 Å². The summed E-state index contributed by atoms with van der Waals surface area (Å²) in [5.74, 6) is 2.04. The molecule has 0 atom stereocenters. The molecule has 8 heteroatoms. The first-order chi connectivity index (χ1) is 12.6. The number of aromatic nitrogens is 3. The summed E-state index contributed by atoms with van der Waals surface area (Å²) in [4.78, 5) is 13.4. The van der Waals surface area contributed by atoms with Gasteiger partial charge in [0.2, 0.25) is 0 Å². The molecule has 0 radical (unpaired) electrons. The van der Waals surface area contributed by atoms with Crippen LogP contribution in [0.1, 0.15) is 12.5 Å². The number of pyridine rings is 1. The van der Waals surface area contributed by atoms with Crippen LogP contribution < -0.4 is 20.7 Å². The van der Waals surface area contributed by atoms with Crippen molar-refractivity contribution in [3.8, 4) is 5.75 Å². The molecule has 1 aromatic carbocycles. The summed E-state index contributed by atoms with van der Waals surface area (Å²) in [6.07, 6.45) is 1.63. The van der Waals surface area contributed by atoms with Gasteiger partial charge in [0.15, 0.2) is 16.6 Å². The largest absolute Gasteiger partial charge is 0.496 e. The Morgan fingerprint density at radius 2 is 1.96 bits per heavy atom. The van der Waals surface area contributed by atoms with Gasteiger partial charge in [-0.3, -0.25) is 0 Å². The molecule has 0 aliphatic carbocycles. The minimum atomic E-state index is 0.502. The van der Waals surface area contributed by atoms with E-state index in [9.17, 15) is 0 Å². The van der Waals surface area contributed by atoms with Gasteiger partial charge in [0.1, 0.15) is 17.1 Å². The van der Waals surface area contributed by atoms with E-state index in [1.807, 2.05) is 44.2 Å². The van der Waals surface area contributed by atoms with E-state index >= 15 is 0 Å². The molecule has 3 N–H and O–H groups in total. The topological polar surface area (TPSA) is 84.0 Å². The number of anilines is 3. The number of thiocarbonyl (C=S) groups is 1. The molecule has 3 aromatic rings. The predicted molar refractivity (Wildman–Crippen MR) is 108 cm³/mol. The summed E-state index contributed by atoms with van der Waals surface area (Å²) >= 11 is 5.17. The second kappa shape index (κ2) is 7.92. The molecule has 0 aliphatic heterocycles. The number of nitrogens with one attached hydrogen (secondary N) is 3. The Kier molecular flexibility index (Phi) is 5.43. The lowest BCUT2D eigenvalue weighted by molar-refractivity contribution is 0.412.